The minimum Gasteiger partial charge on any atom is -0.369 e. The van der Waals surface area contributed by atoms with E-state index in [9.17, 15) is 9.18 Å². The molecule has 1 aliphatic heterocycles. The van der Waals surface area contributed by atoms with Gasteiger partial charge in [0.2, 0.25) is 18.1 Å². The van der Waals surface area contributed by atoms with Gasteiger partial charge in [-0.15, -0.1) is 0 Å². The molecule has 4 N–H and O–H groups in total. The van der Waals surface area contributed by atoms with E-state index in [-0.39, 0.29) is 19.0 Å². The van der Waals surface area contributed by atoms with Crippen LogP contribution in [0.3, 0.4) is 0 Å². The van der Waals surface area contributed by atoms with Crippen molar-refractivity contribution >= 4 is 11.9 Å². The molecule has 1 aliphatic rings. The molecule has 3 heterocycles. The summed E-state index contributed by atoms with van der Waals surface area (Å²) in [6, 6.07) is 17.7. The van der Waals surface area contributed by atoms with Gasteiger partial charge in [0.15, 0.2) is 5.82 Å². The Morgan fingerprint density at radius 3 is 2.53 bits per heavy atom. The number of nitrogens with zero attached hydrogens (tertiary/aromatic N) is 3. The van der Waals surface area contributed by atoms with Crippen molar-refractivity contribution in [1.29, 1.82) is 0 Å². The molecule has 184 valence electrons. The van der Waals surface area contributed by atoms with E-state index in [4.69, 9.17) is 20.2 Å². The standard InChI is InChI=1S/C26H25FN6O3/c1-26(24(28)34)14-35-23(36-15-26)22-32-20(17-7-9-18(27)10-8-17)21(33-22)19-11-12-29-25(31-19)30-13-16-5-3-2-4-6-16/h2-12,23H,13-15H2,1H3,(H2,28,34)(H,32,33)(H,29,30,31). The van der Waals surface area contributed by atoms with Crippen molar-refractivity contribution in [3.63, 3.8) is 0 Å². The quantitative estimate of drug-likeness (QED) is 0.361. The predicted molar refractivity (Wildman–Crippen MR) is 131 cm³/mol. The number of halogens is 1. The minimum absolute atomic E-state index is 0.0932. The molecule has 0 spiro atoms. The molecule has 36 heavy (non-hydrogen) atoms. The van der Waals surface area contributed by atoms with Gasteiger partial charge in [0.1, 0.15) is 5.82 Å². The van der Waals surface area contributed by atoms with E-state index >= 15 is 0 Å². The van der Waals surface area contributed by atoms with Crippen molar-refractivity contribution in [1.82, 2.24) is 19.9 Å². The van der Waals surface area contributed by atoms with Crippen molar-refractivity contribution < 1.29 is 18.7 Å². The van der Waals surface area contributed by atoms with Crippen molar-refractivity contribution in [3.05, 3.63) is 84.1 Å². The second-order valence-corrected chi connectivity index (χ2v) is 8.84. The number of rotatable bonds is 7. The summed E-state index contributed by atoms with van der Waals surface area (Å²) in [7, 11) is 0. The fourth-order valence-electron chi connectivity index (χ4n) is 3.77. The number of anilines is 1. The Balaban J connectivity index is 1.46. The highest BCUT2D eigenvalue weighted by atomic mass is 19.1. The molecule has 2 aromatic heterocycles. The van der Waals surface area contributed by atoms with Gasteiger partial charge in [-0.3, -0.25) is 4.79 Å². The monoisotopic (exact) mass is 488 g/mol. The Morgan fingerprint density at radius 2 is 1.83 bits per heavy atom. The zero-order valence-corrected chi connectivity index (χ0v) is 19.6. The Hall–Kier alpha value is -4.15. The summed E-state index contributed by atoms with van der Waals surface area (Å²) in [5, 5.41) is 3.23. The lowest BCUT2D eigenvalue weighted by Crippen LogP contribution is -2.46. The first-order chi connectivity index (χ1) is 17.4. The molecular weight excluding hydrogens is 463 g/mol. The predicted octanol–water partition coefficient (Wildman–Crippen LogP) is 3.82. The van der Waals surface area contributed by atoms with Crippen LogP contribution in [-0.2, 0) is 20.8 Å². The normalized spacial score (nSPS) is 19.7. The summed E-state index contributed by atoms with van der Waals surface area (Å²) >= 11 is 0. The summed E-state index contributed by atoms with van der Waals surface area (Å²) in [5.41, 5.74) is 8.06. The van der Waals surface area contributed by atoms with Crippen LogP contribution in [0.2, 0.25) is 0 Å². The van der Waals surface area contributed by atoms with Crippen molar-refractivity contribution in [2.75, 3.05) is 18.5 Å². The molecule has 0 bridgehead atoms. The molecule has 5 rings (SSSR count). The van der Waals surface area contributed by atoms with Gasteiger partial charge in [-0.05, 0) is 42.8 Å². The van der Waals surface area contributed by atoms with Gasteiger partial charge < -0.3 is 25.5 Å². The Kier molecular flexibility index (Phi) is 6.45. The van der Waals surface area contributed by atoms with Crippen LogP contribution in [0, 0.1) is 11.2 Å². The SMILES string of the molecule is CC1(C(N)=O)COC(c2nc(-c3ccc(F)cc3)c(-c3ccnc(NCc4ccccc4)n3)[nH]2)OC1. The average molecular weight is 489 g/mol. The van der Waals surface area contributed by atoms with Crippen molar-refractivity contribution in [2.45, 2.75) is 19.8 Å². The molecule has 0 saturated carbocycles. The summed E-state index contributed by atoms with van der Waals surface area (Å²) in [6.07, 6.45) is 0.819. The molecule has 1 amide bonds. The molecule has 1 fully saturated rings. The third-order valence-corrected chi connectivity index (χ3v) is 5.97. The fourth-order valence-corrected chi connectivity index (χ4v) is 3.77. The number of benzene rings is 2. The summed E-state index contributed by atoms with van der Waals surface area (Å²) < 4.78 is 25.2. The van der Waals surface area contributed by atoms with Crippen LogP contribution in [0.1, 0.15) is 24.6 Å². The van der Waals surface area contributed by atoms with Crippen LogP contribution < -0.4 is 11.1 Å². The molecule has 1 saturated heterocycles. The lowest BCUT2D eigenvalue weighted by Gasteiger charge is -2.34. The molecule has 0 atom stereocenters. The third-order valence-electron chi connectivity index (χ3n) is 5.97. The van der Waals surface area contributed by atoms with Crippen molar-refractivity contribution in [2.24, 2.45) is 11.1 Å². The molecule has 0 unspecified atom stereocenters. The summed E-state index contributed by atoms with van der Waals surface area (Å²) in [6.45, 7) is 2.44. The molecular formula is C26H25FN6O3. The Bertz CT molecular complexity index is 1350. The van der Waals surface area contributed by atoms with Gasteiger partial charge in [0, 0.05) is 18.3 Å². The van der Waals surface area contributed by atoms with Gasteiger partial charge in [-0.25, -0.2) is 19.3 Å². The van der Waals surface area contributed by atoms with Crippen LogP contribution in [0.25, 0.3) is 22.6 Å². The molecule has 2 aromatic carbocycles. The summed E-state index contributed by atoms with van der Waals surface area (Å²) in [5.74, 6) is -0.00650. The van der Waals surface area contributed by atoms with Gasteiger partial charge in [0.05, 0.1) is 35.7 Å². The molecule has 4 aromatic rings. The maximum atomic E-state index is 13.6. The second-order valence-electron chi connectivity index (χ2n) is 8.84. The lowest BCUT2D eigenvalue weighted by molar-refractivity contribution is -0.230. The highest BCUT2D eigenvalue weighted by Crippen LogP contribution is 2.35. The fraction of sp³-hybridized carbons (Fsp3) is 0.231. The molecule has 0 aliphatic carbocycles. The van der Waals surface area contributed by atoms with E-state index in [0.29, 0.717) is 41.0 Å². The maximum absolute atomic E-state index is 13.6. The number of nitrogens with two attached hydrogens (primary N) is 1. The highest BCUT2D eigenvalue weighted by Gasteiger charge is 2.39. The van der Waals surface area contributed by atoms with Crippen LogP contribution in [0.5, 0.6) is 0 Å². The molecule has 0 radical (unpaired) electrons. The number of aromatic amines is 1. The van der Waals surface area contributed by atoms with Crippen molar-refractivity contribution in [3.8, 4) is 22.6 Å². The summed E-state index contributed by atoms with van der Waals surface area (Å²) in [4.78, 5) is 28.7. The number of aromatic nitrogens is 4. The van der Waals surface area contributed by atoms with Crippen LogP contribution in [0.4, 0.5) is 10.3 Å². The smallest absolute Gasteiger partial charge is 0.228 e. The molecule has 9 nitrogen and oxygen atoms in total. The van der Waals surface area contributed by atoms with Gasteiger partial charge in [-0.1, -0.05) is 30.3 Å². The second kappa shape index (κ2) is 9.84. The number of carbonyl (C=O) groups excluding carboxylic acids is 1. The molecule has 10 heteroatoms. The van der Waals surface area contributed by atoms with Gasteiger partial charge in [0.25, 0.3) is 0 Å². The van der Waals surface area contributed by atoms with Gasteiger partial charge >= 0.3 is 0 Å². The highest BCUT2D eigenvalue weighted by molar-refractivity contribution is 5.81. The Labute approximate surface area is 206 Å². The number of primary amides is 1. The van der Waals surface area contributed by atoms with E-state index in [1.165, 1.54) is 12.1 Å². The minimum atomic E-state index is -0.919. The number of ether oxygens (including phenoxy) is 2. The third kappa shape index (κ3) is 4.95. The van der Waals surface area contributed by atoms with Crippen LogP contribution in [-0.4, -0.2) is 39.1 Å². The van der Waals surface area contributed by atoms with E-state index in [1.54, 1.807) is 31.3 Å². The average Bonchev–Trinajstić information content (AvgIpc) is 3.34. The number of hydrogen-bond acceptors (Lipinski definition) is 7. The first-order valence-electron chi connectivity index (χ1n) is 11.4. The number of nitrogens with one attached hydrogen (secondary N) is 2. The zero-order chi connectivity index (χ0) is 25.1. The van der Waals surface area contributed by atoms with Gasteiger partial charge in [-0.2, -0.15) is 0 Å². The van der Waals surface area contributed by atoms with E-state index in [2.05, 4.69) is 20.3 Å². The number of hydrogen-bond donors (Lipinski definition) is 3. The topological polar surface area (TPSA) is 128 Å². The van der Waals surface area contributed by atoms with Crippen LogP contribution in [0.15, 0.2) is 66.9 Å². The first-order valence-corrected chi connectivity index (χ1v) is 11.4. The number of H-pyrrole nitrogens is 1. The van der Waals surface area contributed by atoms with Crippen LogP contribution >= 0.6 is 0 Å². The van der Waals surface area contributed by atoms with E-state index in [1.807, 2.05) is 30.3 Å². The van der Waals surface area contributed by atoms with E-state index < -0.39 is 17.6 Å². The largest absolute Gasteiger partial charge is 0.369 e. The Morgan fingerprint density at radius 1 is 1.11 bits per heavy atom. The lowest BCUT2D eigenvalue weighted by atomic mass is 9.91. The number of imidazole rings is 1. The zero-order valence-electron chi connectivity index (χ0n) is 19.6. The first kappa shape index (κ1) is 23.6. The van der Waals surface area contributed by atoms with E-state index in [0.717, 1.165) is 5.56 Å². The number of amides is 1. The maximum Gasteiger partial charge on any atom is 0.228 e. The number of carbonyl (C=O) groups is 1.